The molecule has 2 saturated heterocycles. The third-order valence-corrected chi connectivity index (χ3v) is 5.07. The molecule has 0 radical (unpaired) electrons. The number of ether oxygens (including phenoxy) is 1. The van der Waals surface area contributed by atoms with Gasteiger partial charge in [-0.25, -0.2) is 0 Å². The van der Waals surface area contributed by atoms with Crippen LogP contribution in [-0.4, -0.2) is 41.1 Å². The van der Waals surface area contributed by atoms with Gasteiger partial charge >= 0.3 is 0 Å². The minimum absolute atomic E-state index is 0.0709. The van der Waals surface area contributed by atoms with E-state index in [1.54, 1.807) is 11.0 Å². The fourth-order valence-electron chi connectivity index (χ4n) is 3.94. The molecule has 0 N–H and O–H groups in total. The van der Waals surface area contributed by atoms with Crippen LogP contribution in [0.5, 0.6) is 0 Å². The van der Waals surface area contributed by atoms with Gasteiger partial charge < -0.3 is 19.5 Å². The minimum atomic E-state index is -1.19. The molecule has 5 atom stereocenters. The molecule has 1 spiro atoms. The maximum Gasteiger partial charge on any atom is 0.230 e. The number of aliphatic carboxylic acids is 1. The smallest absolute Gasteiger partial charge is 0.230 e. The third kappa shape index (κ3) is 2.19. The van der Waals surface area contributed by atoms with Gasteiger partial charge in [0, 0.05) is 17.9 Å². The number of carbonyl (C=O) groups excluding carboxylic acids is 2. The van der Waals surface area contributed by atoms with Gasteiger partial charge in [0.2, 0.25) is 5.91 Å². The number of hydrogen-bond acceptors (Lipinski definition) is 4. The van der Waals surface area contributed by atoms with Gasteiger partial charge in [0.25, 0.3) is 0 Å². The second-order valence-electron chi connectivity index (χ2n) is 6.89. The van der Waals surface area contributed by atoms with E-state index in [4.69, 9.17) is 4.74 Å². The third-order valence-electron chi connectivity index (χ3n) is 5.07. The molecule has 0 aromatic rings. The molecule has 2 fully saturated rings. The number of nitrogens with zero attached hydrogens (tertiary/aromatic N) is 1. The molecule has 0 unspecified atom stereocenters. The van der Waals surface area contributed by atoms with Crippen molar-refractivity contribution in [2.75, 3.05) is 6.54 Å². The first-order valence-corrected chi connectivity index (χ1v) is 7.87. The maximum atomic E-state index is 12.7. The Bertz CT molecular complexity index is 563. The van der Waals surface area contributed by atoms with E-state index in [-0.39, 0.29) is 11.9 Å². The highest BCUT2D eigenvalue weighted by Gasteiger charge is 2.65. The first kappa shape index (κ1) is 15.3. The Morgan fingerprint density at radius 1 is 1.59 bits per heavy atom. The molecule has 0 aromatic heterocycles. The Kier molecular flexibility index (Phi) is 3.63. The molecule has 3 aliphatic heterocycles. The topological polar surface area (TPSA) is 69.7 Å². The fraction of sp³-hybridized carbons (Fsp3) is 0.647. The zero-order chi connectivity index (χ0) is 16.1. The van der Waals surface area contributed by atoms with Gasteiger partial charge in [-0.05, 0) is 33.6 Å². The quantitative estimate of drug-likeness (QED) is 0.699. The molecular weight excluding hydrogens is 282 g/mol. The van der Waals surface area contributed by atoms with Crippen LogP contribution >= 0.6 is 0 Å². The average molecular weight is 304 g/mol. The van der Waals surface area contributed by atoms with Crippen LogP contribution in [0.25, 0.3) is 0 Å². The molecule has 3 aliphatic rings. The molecule has 3 rings (SSSR count). The summed E-state index contributed by atoms with van der Waals surface area (Å²) in [5.74, 6) is -2.77. The molecule has 2 bridgehead atoms. The highest BCUT2D eigenvalue weighted by Crippen LogP contribution is 2.52. The number of carboxylic acids is 1. The van der Waals surface area contributed by atoms with E-state index >= 15 is 0 Å². The first-order chi connectivity index (χ1) is 10.4. The van der Waals surface area contributed by atoms with E-state index in [0.29, 0.717) is 6.54 Å². The zero-order valence-electron chi connectivity index (χ0n) is 13.2. The summed E-state index contributed by atoms with van der Waals surface area (Å²) in [6, 6.07) is 0.0709. The van der Waals surface area contributed by atoms with E-state index in [2.05, 4.69) is 19.9 Å². The molecule has 120 valence electrons. The van der Waals surface area contributed by atoms with Gasteiger partial charge in [-0.2, -0.15) is 0 Å². The Labute approximate surface area is 130 Å². The summed E-state index contributed by atoms with van der Waals surface area (Å²) >= 11 is 0. The summed E-state index contributed by atoms with van der Waals surface area (Å²) < 4.78 is 5.84. The molecule has 5 nitrogen and oxygen atoms in total. The van der Waals surface area contributed by atoms with Crippen LogP contribution in [0.3, 0.4) is 0 Å². The number of amides is 1. The standard InChI is InChI=1S/C17H23NO4/c1-10(2)5-4-6-11(3)18-9-17-8-7-12(22-17)13(16(20)21)14(17)15(18)19/h5,7-8,11-14H,4,6,9H2,1-3H3,(H,20,21)/p-1/t11-,12+,13-,14-,17-/m1/s1. The summed E-state index contributed by atoms with van der Waals surface area (Å²) in [5.41, 5.74) is 0.509. The van der Waals surface area contributed by atoms with Crippen molar-refractivity contribution in [2.45, 2.75) is 51.4 Å². The Morgan fingerprint density at radius 2 is 2.32 bits per heavy atom. The lowest BCUT2D eigenvalue weighted by Crippen LogP contribution is -2.45. The van der Waals surface area contributed by atoms with Crippen molar-refractivity contribution < 1.29 is 19.4 Å². The lowest BCUT2D eigenvalue weighted by Gasteiger charge is -2.27. The summed E-state index contributed by atoms with van der Waals surface area (Å²) in [6.07, 6.45) is 7.06. The van der Waals surface area contributed by atoms with Gasteiger partial charge in [-0.15, -0.1) is 0 Å². The van der Waals surface area contributed by atoms with Crippen LogP contribution < -0.4 is 5.11 Å². The second kappa shape index (κ2) is 5.23. The van der Waals surface area contributed by atoms with E-state index in [0.717, 1.165) is 12.8 Å². The molecule has 22 heavy (non-hydrogen) atoms. The monoisotopic (exact) mass is 304 g/mol. The average Bonchev–Trinajstić information content (AvgIpc) is 3.06. The van der Waals surface area contributed by atoms with Crippen LogP contribution in [0, 0.1) is 11.8 Å². The van der Waals surface area contributed by atoms with Crippen LogP contribution in [0.1, 0.15) is 33.6 Å². The highest BCUT2D eigenvalue weighted by molar-refractivity contribution is 5.90. The lowest BCUT2D eigenvalue weighted by molar-refractivity contribution is -0.313. The van der Waals surface area contributed by atoms with Crippen LogP contribution in [0.2, 0.25) is 0 Å². The number of allylic oxidation sites excluding steroid dienone is 2. The Hall–Kier alpha value is -1.62. The zero-order valence-corrected chi connectivity index (χ0v) is 13.2. The van der Waals surface area contributed by atoms with Crippen LogP contribution in [0.15, 0.2) is 23.8 Å². The van der Waals surface area contributed by atoms with Gasteiger partial charge in [0.1, 0.15) is 5.60 Å². The number of carbonyl (C=O) groups is 2. The van der Waals surface area contributed by atoms with E-state index in [1.807, 2.05) is 13.0 Å². The van der Waals surface area contributed by atoms with Crippen molar-refractivity contribution in [1.82, 2.24) is 4.90 Å². The van der Waals surface area contributed by atoms with Crippen molar-refractivity contribution in [1.29, 1.82) is 0 Å². The molecule has 5 heteroatoms. The fourth-order valence-corrected chi connectivity index (χ4v) is 3.94. The lowest BCUT2D eigenvalue weighted by atomic mass is 9.77. The van der Waals surface area contributed by atoms with Crippen LogP contribution in [-0.2, 0) is 14.3 Å². The second-order valence-corrected chi connectivity index (χ2v) is 6.89. The van der Waals surface area contributed by atoms with E-state index in [1.165, 1.54) is 5.57 Å². The van der Waals surface area contributed by atoms with Crippen molar-refractivity contribution in [3.63, 3.8) is 0 Å². The number of rotatable bonds is 5. The molecular formula is C17H22NO4-. The molecule has 3 heterocycles. The maximum absolute atomic E-state index is 12.7. The number of hydrogen-bond donors (Lipinski definition) is 0. The van der Waals surface area contributed by atoms with Gasteiger partial charge in [0.15, 0.2) is 0 Å². The summed E-state index contributed by atoms with van der Waals surface area (Å²) in [6.45, 7) is 6.56. The Morgan fingerprint density at radius 3 is 2.95 bits per heavy atom. The summed E-state index contributed by atoms with van der Waals surface area (Å²) in [7, 11) is 0. The summed E-state index contributed by atoms with van der Waals surface area (Å²) in [4.78, 5) is 25.9. The Balaban J connectivity index is 1.76. The number of fused-ring (bicyclic) bond motifs is 1. The SMILES string of the molecule is CC(C)=CCC[C@@H](C)N1C[C@@]23C=C[C@H](O2)[C@@H](C(=O)[O-])[C@@H]3C1=O. The number of carboxylic acid groups (broad SMARTS) is 1. The van der Waals surface area contributed by atoms with Crippen molar-refractivity contribution in [3.8, 4) is 0 Å². The van der Waals surface area contributed by atoms with Crippen molar-refractivity contribution in [3.05, 3.63) is 23.8 Å². The van der Waals surface area contributed by atoms with E-state index in [9.17, 15) is 14.7 Å². The van der Waals surface area contributed by atoms with Gasteiger partial charge in [-0.1, -0.05) is 23.8 Å². The largest absolute Gasteiger partial charge is 0.550 e. The molecule has 0 aromatic carbocycles. The normalized spacial score (nSPS) is 36.6. The number of likely N-dealkylation sites (tertiary alicyclic amines) is 1. The predicted octanol–water partition coefficient (Wildman–Crippen LogP) is 0.653. The van der Waals surface area contributed by atoms with Crippen LogP contribution in [0.4, 0.5) is 0 Å². The van der Waals surface area contributed by atoms with E-state index < -0.39 is 29.5 Å². The molecule has 0 saturated carbocycles. The molecule has 0 aliphatic carbocycles. The minimum Gasteiger partial charge on any atom is -0.550 e. The molecule has 1 amide bonds. The predicted molar refractivity (Wildman–Crippen MR) is 78.6 cm³/mol. The highest BCUT2D eigenvalue weighted by atomic mass is 16.5. The summed E-state index contributed by atoms with van der Waals surface area (Å²) in [5, 5.41) is 11.4. The first-order valence-electron chi connectivity index (χ1n) is 7.87. The van der Waals surface area contributed by atoms with Gasteiger partial charge in [0.05, 0.1) is 18.6 Å². The van der Waals surface area contributed by atoms with Crippen molar-refractivity contribution in [2.24, 2.45) is 11.8 Å². The van der Waals surface area contributed by atoms with Crippen molar-refractivity contribution >= 4 is 11.9 Å². The van der Waals surface area contributed by atoms with Gasteiger partial charge in [-0.3, -0.25) is 4.79 Å².